The highest BCUT2D eigenvalue weighted by molar-refractivity contribution is 7.99. The maximum Gasteiger partial charge on any atom is 0.194 e. The van der Waals surface area contributed by atoms with Gasteiger partial charge in [-0.15, -0.1) is 0 Å². The molecule has 0 aliphatic rings. The minimum Gasteiger partial charge on any atom is -0.383 e. The molecule has 0 amide bonds. The molecule has 0 aliphatic carbocycles. The van der Waals surface area contributed by atoms with Crippen LogP contribution >= 0.6 is 11.8 Å². The second kappa shape index (κ2) is 4.89. The molecule has 0 unspecified atom stereocenters. The van der Waals surface area contributed by atoms with Gasteiger partial charge in [-0.2, -0.15) is 0 Å². The van der Waals surface area contributed by atoms with Gasteiger partial charge in [0.1, 0.15) is 17.2 Å². The minimum atomic E-state index is 0.494. The number of aromatic nitrogens is 4. The predicted octanol–water partition coefficient (Wildman–Crippen LogP) is 2.23. The zero-order chi connectivity index (χ0) is 13.3. The Hall–Kier alpha value is -1.69. The van der Waals surface area contributed by atoms with Gasteiger partial charge in [0.05, 0.1) is 0 Å². The number of rotatable bonds is 2. The zero-order valence-corrected chi connectivity index (χ0v) is 11.7. The first-order chi connectivity index (χ1) is 8.49. The van der Waals surface area contributed by atoms with E-state index in [1.165, 1.54) is 18.1 Å². The van der Waals surface area contributed by atoms with Crippen molar-refractivity contribution in [3.05, 3.63) is 28.8 Å². The summed E-state index contributed by atoms with van der Waals surface area (Å²) in [5.41, 5.74) is 9.72. The normalized spacial score (nSPS) is 10.7. The topological polar surface area (TPSA) is 77.6 Å². The molecular formula is C12H15N5S. The monoisotopic (exact) mass is 261 g/mol. The number of nitrogens with two attached hydrogens (primary N) is 1. The third-order valence-corrected chi connectivity index (χ3v) is 3.85. The van der Waals surface area contributed by atoms with Crippen molar-refractivity contribution in [2.24, 2.45) is 0 Å². The first-order valence-electron chi connectivity index (χ1n) is 5.55. The summed E-state index contributed by atoms with van der Waals surface area (Å²) in [4.78, 5) is 17.1. The van der Waals surface area contributed by atoms with E-state index in [1.54, 1.807) is 0 Å². The molecule has 0 bridgehead atoms. The number of hydrogen-bond donors (Lipinski definition) is 1. The molecule has 0 aliphatic heterocycles. The van der Waals surface area contributed by atoms with Crippen LogP contribution in [-0.4, -0.2) is 19.9 Å². The molecule has 0 saturated carbocycles. The Morgan fingerprint density at radius 2 is 1.56 bits per heavy atom. The highest BCUT2D eigenvalue weighted by atomic mass is 32.2. The van der Waals surface area contributed by atoms with Crippen molar-refractivity contribution in [2.75, 3.05) is 5.73 Å². The van der Waals surface area contributed by atoms with Crippen LogP contribution in [-0.2, 0) is 0 Å². The fourth-order valence-electron chi connectivity index (χ4n) is 1.42. The van der Waals surface area contributed by atoms with Gasteiger partial charge in [-0.1, -0.05) is 0 Å². The SMILES string of the molecule is Cc1nc(Sc2ncnc(N)c2C)nc(C)c1C. The van der Waals surface area contributed by atoms with Crippen LogP contribution in [0.5, 0.6) is 0 Å². The number of anilines is 1. The first-order valence-corrected chi connectivity index (χ1v) is 6.37. The van der Waals surface area contributed by atoms with E-state index >= 15 is 0 Å². The quantitative estimate of drug-likeness (QED) is 0.660. The molecule has 18 heavy (non-hydrogen) atoms. The molecule has 2 rings (SSSR count). The number of nitrogens with zero attached hydrogens (tertiary/aromatic N) is 4. The molecule has 0 radical (unpaired) electrons. The lowest BCUT2D eigenvalue weighted by Crippen LogP contribution is -2.00. The van der Waals surface area contributed by atoms with Gasteiger partial charge < -0.3 is 5.73 Å². The fourth-order valence-corrected chi connectivity index (χ4v) is 2.32. The minimum absolute atomic E-state index is 0.494. The first kappa shape index (κ1) is 12.8. The van der Waals surface area contributed by atoms with Gasteiger partial charge in [0.2, 0.25) is 0 Å². The molecule has 0 aromatic carbocycles. The van der Waals surface area contributed by atoms with Gasteiger partial charge in [-0.3, -0.25) is 0 Å². The van der Waals surface area contributed by atoms with Crippen molar-refractivity contribution in [2.45, 2.75) is 37.9 Å². The Labute approximate surface area is 110 Å². The Balaban J connectivity index is 2.37. The van der Waals surface area contributed by atoms with Gasteiger partial charge >= 0.3 is 0 Å². The van der Waals surface area contributed by atoms with Crippen molar-refractivity contribution in [1.29, 1.82) is 0 Å². The average molecular weight is 261 g/mol. The summed E-state index contributed by atoms with van der Waals surface area (Å²) in [6.45, 7) is 7.88. The highest BCUT2D eigenvalue weighted by Gasteiger charge is 2.10. The van der Waals surface area contributed by atoms with E-state index < -0.39 is 0 Å². The van der Waals surface area contributed by atoms with Crippen LogP contribution in [0.25, 0.3) is 0 Å². The third-order valence-electron chi connectivity index (χ3n) is 2.88. The zero-order valence-electron chi connectivity index (χ0n) is 10.9. The molecule has 0 fully saturated rings. The Morgan fingerprint density at radius 1 is 0.944 bits per heavy atom. The molecule has 0 spiro atoms. The van der Waals surface area contributed by atoms with E-state index in [1.807, 2.05) is 27.7 Å². The molecule has 2 heterocycles. The molecule has 94 valence electrons. The molecule has 6 heteroatoms. The second-order valence-corrected chi connectivity index (χ2v) is 5.05. The Kier molecular flexibility index (Phi) is 3.47. The van der Waals surface area contributed by atoms with E-state index in [0.29, 0.717) is 11.0 Å². The number of aryl methyl sites for hydroxylation is 2. The molecule has 0 saturated heterocycles. The summed E-state index contributed by atoms with van der Waals surface area (Å²) < 4.78 is 0. The fraction of sp³-hybridized carbons (Fsp3) is 0.333. The summed E-state index contributed by atoms with van der Waals surface area (Å²) in [5.74, 6) is 0.494. The van der Waals surface area contributed by atoms with Gasteiger partial charge in [0.15, 0.2) is 5.16 Å². The molecular weight excluding hydrogens is 246 g/mol. The lowest BCUT2D eigenvalue weighted by molar-refractivity contribution is 0.875. The van der Waals surface area contributed by atoms with E-state index in [2.05, 4.69) is 19.9 Å². The van der Waals surface area contributed by atoms with E-state index in [0.717, 1.165) is 27.5 Å². The molecule has 0 atom stereocenters. The van der Waals surface area contributed by atoms with Gasteiger partial charge in [-0.25, -0.2) is 19.9 Å². The van der Waals surface area contributed by atoms with Crippen LogP contribution in [0.15, 0.2) is 16.5 Å². The molecule has 2 aromatic rings. The van der Waals surface area contributed by atoms with Crippen molar-refractivity contribution in [1.82, 2.24) is 19.9 Å². The maximum atomic E-state index is 5.75. The summed E-state index contributed by atoms with van der Waals surface area (Å²) in [6.07, 6.45) is 1.46. The molecule has 2 aromatic heterocycles. The van der Waals surface area contributed by atoms with E-state index in [4.69, 9.17) is 5.73 Å². The van der Waals surface area contributed by atoms with Crippen molar-refractivity contribution in [3.8, 4) is 0 Å². The molecule has 5 nitrogen and oxygen atoms in total. The van der Waals surface area contributed by atoms with Crippen LogP contribution in [0.2, 0.25) is 0 Å². The lowest BCUT2D eigenvalue weighted by Gasteiger charge is -2.08. The van der Waals surface area contributed by atoms with Gasteiger partial charge in [-0.05, 0) is 45.0 Å². The van der Waals surface area contributed by atoms with Crippen LogP contribution < -0.4 is 5.73 Å². The Morgan fingerprint density at radius 3 is 2.17 bits per heavy atom. The lowest BCUT2D eigenvalue weighted by atomic mass is 10.2. The van der Waals surface area contributed by atoms with Crippen LogP contribution in [0.3, 0.4) is 0 Å². The van der Waals surface area contributed by atoms with E-state index in [9.17, 15) is 0 Å². The Bertz CT molecular complexity index is 574. The number of nitrogen functional groups attached to an aromatic ring is 1. The smallest absolute Gasteiger partial charge is 0.194 e. The third kappa shape index (κ3) is 2.43. The highest BCUT2D eigenvalue weighted by Crippen LogP contribution is 2.28. The standard InChI is InChI=1S/C12H15N5S/c1-6-8(3)16-12(17-9(6)4)18-11-7(2)10(13)14-5-15-11/h5H,1-4H3,(H2,13,14,15). The van der Waals surface area contributed by atoms with Crippen LogP contribution in [0.1, 0.15) is 22.5 Å². The largest absolute Gasteiger partial charge is 0.383 e. The maximum absolute atomic E-state index is 5.75. The summed E-state index contributed by atoms with van der Waals surface area (Å²) in [6, 6.07) is 0. The molecule has 2 N–H and O–H groups in total. The second-order valence-electron chi connectivity index (χ2n) is 4.09. The summed E-state index contributed by atoms with van der Waals surface area (Å²) in [5, 5.41) is 1.49. The van der Waals surface area contributed by atoms with Crippen LogP contribution in [0.4, 0.5) is 5.82 Å². The average Bonchev–Trinajstić information content (AvgIpc) is 2.32. The van der Waals surface area contributed by atoms with Crippen molar-refractivity contribution in [3.63, 3.8) is 0 Å². The number of hydrogen-bond acceptors (Lipinski definition) is 6. The summed E-state index contributed by atoms with van der Waals surface area (Å²) >= 11 is 1.41. The van der Waals surface area contributed by atoms with Gasteiger partial charge in [0.25, 0.3) is 0 Å². The predicted molar refractivity (Wildman–Crippen MR) is 71.5 cm³/mol. The van der Waals surface area contributed by atoms with Crippen LogP contribution in [0, 0.1) is 27.7 Å². The van der Waals surface area contributed by atoms with Crippen molar-refractivity contribution < 1.29 is 0 Å². The van der Waals surface area contributed by atoms with E-state index in [-0.39, 0.29) is 0 Å². The van der Waals surface area contributed by atoms with Crippen molar-refractivity contribution >= 4 is 17.6 Å². The van der Waals surface area contributed by atoms with Gasteiger partial charge in [0, 0.05) is 17.0 Å². The summed E-state index contributed by atoms with van der Waals surface area (Å²) in [7, 11) is 0.